The molecule has 5 heteroatoms. The monoisotopic (exact) mass is 339 g/mol. The quantitative estimate of drug-likeness (QED) is 0.842. The Bertz CT molecular complexity index is 747. The number of hydrogen-bond acceptors (Lipinski definition) is 4. The van der Waals surface area contributed by atoms with Gasteiger partial charge in [0.1, 0.15) is 11.6 Å². The highest BCUT2D eigenvalue weighted by molar-refractivity contribution is 5.85. The van der Waals surface area contributed by atoms with E-state index in [1.165, 1.54) is 31.3 Å². The lowest BCUT2D eigenvalue weighted by molar-refractivity contribution is -0.122. The Morgan fingerprint density at radius 1 is 1.28 bits per heavy atom. The molecule has 4 rings (SSSR count). The van der Waals surface area contributed by atoms with Crippen LogP contribution >= 0.6 is 0 Å². The Balaban J connectivity index is 1.38. The number of rotatable bonds is 5. The van der Waals surface area contributed by atoms with Crippen molar-refractivity contribution >= 4 is 23.0 Å². The lowest BCUT2D eigenvalue weighted by atomic mass is 9.97. The van der Waals surface area contributed by atoms with Gasteiger partial charge >= 0.3 is 0 Å². The van der Waals surface area contributed by atoms with Gasteiger partial charge in [-0.05, 0) is 57.1 Å². The van der Waals surface area contributed by atoms with Crippen LogP contribution in [0.3, 0.4) is 0 Å². The number of anilines is 1. The summed E-state index contributed by atoms with van der Waals surface area (Å²) in [5, 5.41) is 3.11. The van der Waals surface area contributed by atoms with Gasteiger partial charge in [0.05, 0.1) is 0 Å². The van der Waals surface area contributed by atoms with Crippen molar-refractivity contribution in [3.05, 3.63) is 35.9 Å². The predicted molar refractivity (Wildman–Crippen MR) is 98.6 cm³/mol. The summed E-state index contributed by atoms with van der Waals surface area (Å²) in [7, 11) is 0. The molecule has 1 aromatic heterocycles. The molecule has 1 fully saturated rings. The van der Waals surface area contributed by atoms with E-state index in [4.69, 9.17) is 4.42 Å². The van der Waals surface area contributed by atoms with Crippen molar-refractivity contribution in [2.45, 2.75) is 51.0 Å². The molecule has 25 heavy (non-hydrogen) atoms. The van der Waals surface area contributed by atoms with Crippen LogP contribution < -0.4 is 10.2 Å². The third-order valence-corrected chi connectivity index (χ3v) is 5.21. The fourth-order valence-electron chi connectivity index (χ4n) is 3.85. The minimum Gasteiger partial charge on any atom is -0.423 e. The average Bonchev–Trinajstić information content (AvgIpc) is 3.29. The molecule has 1 aromatic carbocycles. The van der Waals surface area contributed by atoms with Crippen molar-refractivity contribution in [2.75, 3.05) is 18.0 Å². The van der Waals surface area contributed by atoms with E-state index in [1.807, 2.05) is 29.2 Å². The summed E-state index contributed by atoms with van der Waals surface area (Å²) in [6.45, 7) is 1.54. The van der Waals surface area contributed by atoms with Crippen LogP contribution in [-0.4, -0.2) is 30.0 Å². The second-order valence-corrected chi connectivity index (χ2v) is 6.96. The Morgan fingerprint density at radius 3 is 3.04 bits per heavy atom. The fraction of sp³-hybridized carbons (Fsp3) is 0.500. The molecule has 1 saturated heterocycles. The zero-order valence-electron chi connectivity index (χ0n) is 14.5. The molecule has 0 saturated carbocycles. The van der Waals surface area contributed by atoms with Crippen molar-refractivity contribution in [3.63, 3.8) is 0 Å². The summed E-state index contributed by atoms with van der Waals surface area (Å²) in [4.78, 5) is 19.2. The maximum atomic E-state index is 12.6. The van der Waals surface area contributed by atoms with Crippen LogP contribution in [0.4, 0.5) is 6.01 Å². The molecule has 2 heterocycles. The zero-order chi connectivity index (χ0) is 17.1. The first-order chi connectivity index (χ1) is 12.3. The number of para-hydroxylation sites is 2. The molecule has 132 valence electrons. The Kier molecular flexibility index (Phi) is 4.72. The molecule has 0 unspecified atom stereocenters. The second-order valence-electron chi connectivity index (χ2n) is 6.96. The standard InChI is InChI=1S/C20H25N3O2/c24-19(21-13-12-15-7-2-1-3-8-15)17-10-6-14-23(17)20-22-16-9-4-5-11-18(16)25-20/h4-5,7,9,11,17H,1-3,6,8,10,12-14H2,(H,21,24)/t17-/m0/s1. The van der Waals surface area contributed by atoms with E-state index >= 15 is 0 Å². The summed E-state index contributed by atoms with van der Waals surface area (Å²) < 4.78 is 5.86. The number of carbonyl (C=O) groups is 1. The van der Waals surface area contributed by atoms with E-state index in [9.17, 15) is 4.79 Å². The van der Waals surface area contributed by atoms with E-state index < -0.39 is 0 Å². The van der Waals surface area contributed by atoms with E-state index in [-0.39, 0.29) is 11.9 Å². The molecule has 0 spiro atoms. The minimum absolute atomic E-state index is 0.0937. The SMILES string of the molecule is O=C(NCCC1=CCCCC1)[C@@H]1CCCN1c1nc2ccccc2o1. The van der Waals surface area contributed by atoms with Crippen LogP contribution in [0.5, 0.6) is 0 Å². The number of oxazole rings is 1. The minimum atomic E-state index is -0.173. The number of hydrogen-bond donors (Lipinski definition) is 1. The molecular weight excluding hydrogens is 314 g/mol. The molecule has 2 aromatic rings. The summed E-state index contributed by atoms with van der Waals surface area (Å²) >= 11 is 0. The number of aromatic nitrogens is 1. The number of allylic oxidation sites excluding steroid dienone is 1. The van der Waals surface area contributed by atoms with Crippen molar-refractivity contribution in [2.24, 2.45) is 0 Å². The van der Waals surface area contributed by atoms with Gasteiger partial charge in [0.25, 0.3) is 6.01 Å². The van der Waals surface area contributed by atoms with Crippen LogP contribution in [-0.2, 0) is 4.79 Å². The van der Waals surface area contributed by atoms with Gasteiger partial charge in [-0.3, -0.25) is 4.79 Å². The maximum Gasteiger partial charge on any atom is 0.299 e. The van der Waals surface area contributed by atoms with Gasteiger partial charge in [0, 0.05) is 13.1 Å². The number of carbonyl (C=O) groups excluding carboxylic acids is 1. The van der Waals surface area contributed by atoms with Crippen molar-refractivity contribution in [1.82, 2.24) is 10.3 Å². The topological polar surface area (TPSA) is 58.4 Å². The number of nitrogens with zero attached hydrogens (tertiary/aromatic N) is 2. The molecule has 1 atom stereocenters. The normalized spacial score (nSPS) is 20.7. The van der Waals surface area contributed by atoms with Gasteiger partial charge in [-0.2, -0.15) is 4.98 Å². The highest BCUT2D eigenvalue weighted by Crippen LogP contribution is 2.28. The first kappa shape index (κ1) is 16.2. The van der Waals surface area contributed by atoms with Gasteiger partial charge in [-0.1, -0.05) is 23.8 Å². The smallest absolute Gasteiger partial charge is 0.299 e. The van der Waals surface area contributed by atoms with Crippen molar-refractivity contribution in [1.29, 1.82) is 0 Å². The zero-order valence-corrected chi connectivity index (χ0v) is 14.5. The maximum absolute atomic E-state index is 12.6. The summed E-state index contributed by atoms with van der Waals surface area (Å²) in [5.74, 6) is 0.0937. The lowest BCUT2D eigenvalue weighted by Crippen LogP contribution is -2.43. The molecule has 1 aliphatic carbocycles. The van der Waals surface area contributed by atoms with E-state index in [0.717, 1.165) is 43.5 Å². The van der Waals surface area contributed by atoms with Gasteiger partial charge in [-0.15, -0.1) is 0 Å². The van der Waals surface area contributed by atoms with Crippen LogP contribution in [0.1, 0.15) is 44.9 Å². The number of nitrogens with one attached hydrogen (secondary N) is 1. The number of amides is 1. The molecule has 1 N–H and O–H groups in total. The Morgan fingerprint density at radius 2 is 2.20 bits per heavy atom. The van der Waals surface area contributed by atoms with Gasteiger partial charge in [-0.25, -0.2) is 0 Å². The van der Waals surface area contributed by atoms with E-state index in [0.29, 0.717) is 6.01 Å². The fourth-order valence-corrected chi connectivity index (χ4v) is 3.85. The third kappa shape index (κ3) is 3.55. The second kappa shape index (κ2) is 7.30. The van der Waals surface area contributed by atoms with Gasteiger partial charge < -0.3 is 14.6 Å². The van der Waals surface area contributed by atoms with Crippen LogP contribution in [0, 0.1) is 0 Å². The average molecular weight is 339 g/mol. The van der Waals surface area contributed by atoms with E-state index in [2.05, 4.69) is 16.4 Å². The molecule has 1 amide bonds. The molecule has 5 nitrogen and oxygen atoms in total. The van der Waals surface area contributed by atoms with Crippen LogP contribution in [0.15, 0.2) is 40.3 Å². The molecular formula is C20H25N3O2. The van der Waals surface area contributed by atoms with Gasteiger partial charge in [0.15, 0.2) is 5.58 Å². The summed E-state index contributed by atoms with van der Waals surface area (Å²) in [6, 6.07) is 8.12. The van der Waals surface area contributed by atoms with Crippen LogP contribution in [0.25, 0.3) is 11.1 Å². The summed E-state index contributed by atoms with van der Waals surface area (Å²) in [5.41, 5.74) is 3.11. The Hall–Kier alpha value is -2.30. The molecule has 0 bridgehead atoms. The molecule has 0 radical (unpaired) electrons. The largest absolute Gasteiger partial charge is 0.423 e. The predicted octanol–water partition coefficient (Wildman–Crippen LogP) is 3.80. The highest BCUT2D eigenvalue weighted by atomic mass is 16.4. The van der Waals surface area contributed by atoms with Crippen molar-refractivity contribution in [3.8, 4) is 0 Å². The molecule has 2 aliphatic rings. The first-order valence-electron chi connectivity index (χ1n) is 9.39. The molecule has 1 aliphatic heterocycles. The summed E-state index contributed by atoms with van der Waals surface area (Å²) in [6.07, 6.45) is 10.1. The lowest BCUT2D eigenvalue weighted by Gasteiger charge is -2.22. The van der Waals surface area contributed by atoms with E-state index in [1.54, 1.807) is 0 Å². The van der Waals surface area contributed by atoms with Crippen molar-refractivity contribution < 1.29 is 9.21 Å². The first-order valence-corrected chi connectivity index (χ1v) is 9.39. The van der Waals surface area contributed by atoms with Gasteiger partial charge in [0.2, 0.25) is 5.91 Å². The Labute approximate surface area is 148 Å². The highest BCUT2D eigenvalue weighted by Gasteiger charge is 2.33. The number of benzene rings is 1. The van der Waals surface area contributed by atoms with Crippen LogP contribution in [0.2, 0.25) is 0 Å². The number of fused-ring (bicyclic) bond motifs is 1. The third-order valence-electron chi connectivity index (χ3n) is 5.21.